The van der Waals surface area contributed by atoms with E-state index in [0.717, 1.165) is 18.4 Å². The zero-order chi connectivity index (χ0) is 18.0. The van der Waals surface area contributed by atoms with Gasteiger partial charge in [-0.15, -0.1) is 0 Å². The molecule has 1 saturated heterocycles. The molecular weight excluding hydrogens is 322 g/mol. The van der Waals surface area contributed by atoms with Gasteiger partial charge in [-0.25, -0.2) is 4.79 Å². The lowest BCUT2D eigenvalue weighted by molar-refractivity contribution is -0.130. The second-order valence-electron chi connectivity index (χ2n) is 6.05. The molecule has 2 aromatic rings. The van der Waals surface area contributed by atoms with Gasteiger partial charge in [-0.2, -0.15) is 0 Å². The first-order valence-corrected chi connectivity index (χ1v) is 8.07. The third-order valence-electron chi connectivity index (χ3n) is 4.12. The molecule has 0 aromatic heterocycles. The summed E-state index contributed by atoms with van der Waals surface area (Å²) in [6, 6.07) is 11.8. The molecular formula is C19H19NO5. The van der Waals surface area contributed by atoms with Crippen LogP contribution < -0.4 is 10.1 Å². The van der Waals surface area contributed by atoms with E-state index in [1.165, 1.54) is 6.92 Å². The van der Waals surface area contributed by atoms with Gasteiger partial charge in [0.05, 0.1) is 0 Å². The van der Waals surface area contributed by atoms with E-state index in [-0.39, 0.29) is 5.75 Å². The highest BCUT2D eigenvalue weighted by atomic mass is 16.6. The van der Waals surface area contributed by atoms with Crippen LogP contribution in [-0.4, -0.2) is 17.1 Å². The second-order valence-corrected chi connectivity index (χ2v) is 6.05. The number of hydrogen-bond donors (Lipinski definition) is 2. The Hall–Kier alpha value is -3.02. The maximum Gasteiger partial charge on any atom is 0.415 e. The van der Waals surface area contributed by atoms with Crippen molar-refractivity contribution < 1.29 is 24.2 Å². The van der Waals surface area contributed by atoms with E-state index in [1.807, 2.05) is 6.92 Å². The molecule has 0 saturated carbocycles. The van der Waals surface area contributed by atoms with Gasteiger partial charge in [-0.3, -0.25) is 10.1 Å². The molecule has 0 spiro atoms. The van der Waals surface area contributed by atoms with E-state index in [2.05, 4.69) is 5.32 Å². The molecule has 6 nitrogen and oxygen atoms in total. The van der Waals surface area contributed by atoms with Crippen LogP contribution in [0.5, 0.6) is 17.2 Å². The zero-order valence-corrected chi connectivity index (χ0v) is 14.0. The fraction of sp³-hybridized carbons (Fsp3) is 0.263. The summed E-state index contributed by atoms with van der Waals surface area (Å²) in [6.07, 6.45) is 0.914. The van der Waals surface area contributed by atoms with Crippen LogP contribution in [0.3, 0.4) is 0 Å². The lowest BCUT2D eigenvalue weighted by Gasteiger charge is -2.20. The molecule has 6 heteroatoms. The van der Waals surface area contributed by atoms with Crippen molar-refractivity contribution in [2.24, 2.45) is 0 Å². The van der Waals surface area contributed by atoms with E-state index in [0.29, 0.717) is 17.1 Å². The quantitative estimate of drug-likeness (QED) is 0.868. The summed E-state index contributed by atoms with van der Waals surface area (Å²) in [5.74, 6) is 0.824. The molecule has 2 aromatic carbocycles. The van der Waals surface area contributed by atoms with Gasteiger partial charge in [-0.05, 0) is 49.2 Å². The zero-order valence-electron chi connectivity index (χ0n) is 14.0. The number of rotatable bonds is 5. The van der Waals surface area contributed by atoms with Crippen LogP contribution in [0.15, 0.2) is 42.5 Å². The van der Waals surface area contributed by atoms with Crippen LogP contribution in [-0.2, 0) is 21.6 Å². The molecule has 1 fully saturated rings. The van der Waals surface area contributed by atoms with E-state index in [1.54, 1.807) is 42.5 Å². The third kappa shape index (κ3) is 3.28. The minimum atomic E-state index is -1.38. The van der Waals surface area contributed by atoms with Crippen LogP contribution in [0.25, 0.3) is 0 Å². The highest BCUT2D eigenvalue weighted by molar-refractivity contribution is 6.03. The molecule has 2 N–H and O–H groups in total. The van der Waals surface area contributed by atoms with Crippen molar-refractivity contribution >= 4 is 12.0 Å². The molecule has 1 atom stereocenters. The minimum absolute atomic E-state index is 0.187. The Morgan fingerprint density at radius 2 is 2.00 bits per heavy atom. The van der Waals surface area contributed by atoms with Gasteiger partial charge in [0.25, 0.3) is 5.91 Å². The Morgan fingerprint density at radius 1 is 1.20 bits per heavy atom. The van der Waals surface area contributed by atoms with Crippen LogP contribution in [0.4, 0.5) is 4.79 Å². The van der Waals surface area contributed by atoms with Crippen LogP contribution in [0.1, 0.15) is 31.4 Å². The predicted molar refractivity (Wildman–Crippen MR) is 90.6 cm³/mol. The van der Waals surface area contributed by atoms with E-state index in [4.69, 9.17) is 9.47 Å². The van der Waals surface area contributed by atoms with Crippen LogP contribution in [0.2, 0.25) is 0 Å². The number of nitrogens with one attached hydrogen (secondary N) is 1. The Morgan fingerprint density at radius 3 is 2.68 bits per heavy atom. The number of aryl methyl sites for hydroxylation is 1. The van der Waals surface area contributed by atoms with Crippen molar-refractivity contribution in [1.29, 1.82) is 0 Å². The van der Waals surface area contributed by atoms with Gasteiger partial charge in [0.15, 0.2) is 0 Å². The average molecular weight is 341 g/mol. The summed E-state index contributed by atoms with van der Waals surface area (Å²) < 4.78 is 11.1. The summed E-state index contributed by atoms with van der Waals surface area (Å²) in [5.41, 5.74) is 0.0332. The number of cyclic esters (lactones) is 1. The summed E-state index contributed by atoms with van der Waals surface area (Å²) in [6.45, 7) is 3.58. The first kappa shape index (κ1) is 16.8. The van der Waals surface area contributed by atoms with Crippen LogP contribution in [0, 0.1) is 0 Å². The van der Waals surface area contributed by atoms with Gasteiger partial charge in [-0.1, -0.05) is 25.5 Å². The molecule has 0 aliphatic carbocycles. The Labute approximate surface area is 145 Å². The molecule has 0 unspecified atom stereocenters. The maximum atomic E-state index is 12.0. The molecule has 3 rings (SSSR count). The molecule has 1 aliphatic rings. The molecule has 25 heavy (non-hydrogen) atoms. The van der Waals surface area contributed by atoms with Gasteiger partial charge in [0.1, 0.15) is 17.2 Å². The maximum absolute atomic E-state index is 12.0. The molecule has 130 valence electrons. The third-order valence-corrected chi connectivity index (χ3v) is 4.12. The van der Waals surface area contributed by atoms with Crippen molar-refractivity contribution in [2.45, 2.75) is 32.3 Å². The molecule has 0 bridgehead atoms. The number of carbonyl (C=O) groups excluding carboxylic acids is 2. The number of amides is 2. The highest BCUT2D eigenvalue weighted by Gasteiger charge is 2.46. The number of phenols is 1. The van der Waals surface area contributed by atoms with Gasteiger partial charge >= 0.3 is 6.09 Å². The summed E-state index contributed by atoms with van der Waals surface area (Å²) in [7, 11) is 0. The molecule has 1 heterocycles. The highest BCUT2D eigenvalue weighted by Crippen LogP contribution is 2.34. The van der Waals surface area contributed by atoms with E-state index in [9.17, 15) is 14.7 Å². The molecule has 2 amide bonds. The predicted octanol–water partition coefficient (Wildman–Crippen LogP) is 3.62. The number of aromatic hydroxyl groups is 1. The standard InChI is InChI=1S/C19H19NO5/c1-3-5-12-10-14(21)8-9-16(12)24-15-7-4-6-13(11-15)19(2)17(22)20-18(23)25-19/h4,6-11,21H,3,5H2,1-2H3,(H,20,22,23)/t19-/m1/s1. The van der Waals surface area contributed by atoms with Gasteiger partial charge in [0, 0.05) is 5.56 Å². The van der Waals surface area contributed by atoms with E-state index < -0.39 is 17.6 Å². The monoisotopic (exact) mass is 341 g/mol. The second kappa shape index (κ2) is 6.47. The van der Waals surface area contributed by atoms with Gasteiger partial charge < -0.3 is 14.6 Å². The fourth-order valence-electron chi connectivity index (χ4n) is 2.77. The average Bonchev–Trinajstić information content (AvgIpc) is 2.84. The van der Waals surface area contributed by atoms with E-state index >= 15 is 0 Å². The normalized spacial score (nSPS) is 19.4. The number of benzene rings is 2. The van der Waals surface area contributed by atoms with Crippen molar-refractivity contribution in [3.63, 3.8) is 0 Å². The SMILES string of the molecule is CCCc1cc(O)ccc1Oc1cccc([C@@]2(C)OC(=O)NC2=O)c1. The first-order valence-electron chi connectivity index (χ1n) is 8.07. The first-order chi connectivity index (χ1) is 11.9. The smallest absolute Gasteiger partial charge is 0.415 e. The lowest BCUT2D eigenvalue weighted by Crippen LogP contribution is -2.33. The largest absolute Gasteiger partial charge is 0.508 e. The number of imide groups is 1. The topological polar surface area (TPSA) is 84.9 Å². The van der Waals surface area contributed by atoms with Gasteiger partial charge in [0.2, 0.25) is 5.60 Å². The van der Waals surface area contributed by atoms with Crippen molar-refractivity contribution in [2.75, 3.05) is 0 Å². The van der Waals surface area contributed by atoms with Crippen molar-refractivity contribution in [1.82, 2.24) is 5.32 Å². The summed E-state index contributed by atoms with van der Waals surface area (Å²) >= 11 is 0. The summed E-state index contributed by atoms with van der Waals surface area (Å²) in [5, 5.41) is 11.8. The number of ether oxygens (including phenoxy) is 2. The minimum Gasteiger partial charge on any atom is -0.508 e. The van der Waals surface area contributed by atoms with Crippen LogP contribution >= 0.6 is 0 Å². The van der Waals surface area contributed by atoms with Crippen molar-refractivity contribution in [3.8, 4) is 17.2 Å². The Bertz CT molecular complexity index is 832. The lowest BCUT2D eigenvalue weighted by atomic mass is 9.95. The molecule has 1 aliphatic heterocycles. The Kier molecular flexibility index (Phi) is 4.35. The fourth-order valence-corrected chi connectivity index (χ4v) is 2.77. The number of carbonyl (C=O) groups is 2. The number of alkyl carbamates (subject to hydrolysis) is 1. The number of phenolic OH excluding ortho intramolecular Hbond substituents is 1. The number of hydrogen-bond acceptors (Lipinski definition) is 5. The Balaban J connectivity index is 1.91. The summed E-state index contributed by atoms with van der Waals surface area (Å²) in [4.78, 5) is 23.4. The van der Waals surface area contributed by atoms with Crippen molar-refractivity contribution in [3.05, 3.63) is 53.6 Å². The molecule has 0 radical (unpaired) electrons.